The Morgan fingerprint density at radius 1 is 1.33 bits per heavy atom. The third kappa shape index (κ3) is 3.05. The van der Waals surface area contributed by atoms with Gasteiger partial charge in [-0.1, -0.05) is 0 Å². The maximum atomic E-state index is 13.0. The van der Waals surface area contributed by atoms with E-state index in [1.807, 2.05) is 0 Å². The van der Waals surface area contributed by atoms with Gasteiger partial charge in [0.15, 0.2) is 5.82 Å². The number of hydrogen-bond acceptors (Lipinski definition) is 4. The summed E-state index contributed by atoms with van der Waals surface area (Å²) < 4.78 is 26.1. The van der Waals surface area contributed by atoms with Crippen LogP contribution < -0.4 is 10.6 Å². The molecule has 1 amide bonds. The Balaban J connectivity index is 1.64. The normalized spacial score (nSPS) is 20.4. The lowest BCUT2D eigenvalue weighted by Crippen LogP contribution is -2.35. The molecule has 1 aliphatic rings. The number of alkyl halides is 2. The Morgan fingerprint density at radius 2 is 2.10 bits per heavy atom. The summed E-state index contributed by atoms with van der Waals surface area (Å²) in [5.74, 6) is -2.66. The average molecular weight is 293 g/mol. The van der Waals surface area contributed by atoms with E-state index in [1.165, 1.54) is 6.33 Å². The van der Waals surface area contributed by atoms with Crippen LogP contribution in [0.15, 0.2) is 30.6 Å². The Morgan fingerprint density at radius 3 is 2.67 bits per heavy atom. The number of halogens is 2. The summed E-state index contributed by atoms with van der Waals surface area (Å²) >= 11 is 0. The molecule has 8 heteroatoms. The van der Waals surface area contributed by atoms with Crippen LogP contribution in [-0.4, -0.2) is 39.6 Å². The number of H-pyrrole nitrogens is 1. The monoisotopic (exact) mass is 293 g/mol. The Kier molecular flexibility index (Phi) is 3.38. The molecule has 1 aliphatic heterocycles. The van der Waals surface area contributed by atoms with E-state index in [-0.39, 0.29) is 0 Å². The third-order valence-electron chi connectivity index (χ3n) is 3.27. The number of benzene rings is 1. The van der Waals surface area contributed by atoms with Gasteiger partial charge >= 0.3 is 0 Å². The molecular formula is C13H13F2N5O. The van der Waals surface area contributed by atoms with Crippen molar-refractivity contribution in [1.29, 1.82) is 0 Å². The molecule has 21 heavy (non-hydrogen) atoms. The second kappa shape index (κ2) is 5.21. The number of carbonyl (C=O) groups is 1. The molecule has 1 fully saturated rings. The van der Waals surface area contributed by atoms with Gasteiger partial charge in [0.25, 0.3) is 5.92 Å². The maximum absolute atomic E-state index is 13.0. The van der Waals surface area contributed by atoms with Crippen LogP contribution in [0, 0.1) is 0 Å². The summed E-state index contributed by atoms with van der Waals surface area (Å²) in [4.78, 5) is 15.9. The van der Waals surface area contributed by atoms with E-state index < -0.39 is 30.8 Å². The number of amides is 1. The van der Waals surface area contributed by atoms with E-state index in [0.29, 0.717) is 11.5 Å². The van der Waals surface area contributed by atoms with Gasteiger partial charge in [0, 0.05) is 17.7 Å². The summed E-state index contributed by atoms with van der Waals surface area (Å²) in [6.07, 6.45) is 0.923. The molecule has 0 radical (unpaired) electrons. The van der Waals surface area contributed by atoms with Crippen LogP contribution in [0.5, 0.6) is 0 Å². The lowest BCUT2D eigenvalue weighted by atomic mass is 10.1. The first-order chi connectivity index (χ1) is 10.0. The van der Waals surface area contributed by atoms with Crippen molar-refractivity contribution in [2.75, 3.05) is 11.9 Å². The van der Waals surface area contributed by atoms with Crippen molar-refractivity contribution in [1.82, 2.24) is 20.5 Å². The lowest BCUT2D eigenvalue weighted by Gasteiger charge is -2.11. The highest BCUT2D eigenvalue weighted by molar-refractivity contribution is 5.95. The van der Waals surface area contributed by atoms with Gasteiger partial charge in [0.05, 0.1) is 12.6 Å². The van der Waals surface area contributed by atoms with Crippen molar-refractivity contribution in [2.24, 2.45) is 0 Å². The van der Waals surface area contributed by atoms with Gasteiger partial charge < -0.3 is 5.32 Å². The van der Waals surface area contributed by atoms with Crippen molar-refractivity contribution in [3.8, 4) is 11.4 Å². The van der Waals surface area contributed by atoms with Gasteiger partial charge in [-0.05, 0) is 24.3 Å². The lowest BCUT2D eigenvalue weighted by molar-refractivity contribution is -0.118. The van der Waals surface area contributed by atoms with E-state index in [9.17, 15) is 13.6 Å². The molecule has 0 saturated carbocycles. The summed E-state index contributed by atoms with van der Waals surface area (Å²) in [6, 6.07) is 6.01. The quantitative estimate of drug-likeness (QED) is 0.799. The second-order valence-electron chi connectivity index (χ2n) is 4.89. The minimum atomic E-state index is -2.82. The zero-order chi connectivity index (χ0) is 14.9. The summed E-state index contributed by atoms with van der Waals surface area (Å²) in [7, 11) is 0. The molecule has 110 valence electrons. The smallest absolute Gasteiger partial charge is 0.262 e. The molecule has 1 unspecified atom stereocenters. The van der Waals surface area contributed by atoms with Gasteiger partial charge in [0.1, 0.15) is 6.33 Å². The molecule has 1 aromatic heterocycles. The summed E-state index contributed by atoms with van der Waals surface area (Å²) in [6.45, 7) is -0.463. The number of aromatic nitrogens is 3. The van der Waals surface area contributed by atoms with Crippen molar-refractivity contribution in [3.63, 3.8) is 0 Å². The van der Waals surface area contributed by atoms with E-state index in [0.717, 1.165) is 5.56 Å². The maximum Gasteiger partial charge on any atom is 0.262 e. The largest absolute Gasteiger partial charge is 0.325 e. The highest BCUT2D eigenvalue weighted by atomic mass is 19.3. The number of aromatic amines is 1. The molecule has 6 nitrogen and oxygen atoms in total. The predicted molar refractivity (Wildman–Crippen MR) is 71.8 cm³/mol. The Labute approximate surface area is 119 Å². The molecule has 2 heterocycles. The summed E-state index contributed by atoms with van der Waals surface area (Å²) in [5.41, 5.74) is 1.36. The second-order valence-corrected chi connectivity index (χ2v) is 4.89. The topological polar surface area (TPSA) is 82.7 Å². The van der Waals surface area contributed by atoms with Crippen LogP contribution in [-0.2, 0) is 4.79 Å². The standard InChI is InChI=1S/C13H13F2N5O/c14-13(15)5-10(16-6-13)12(21)19-9-3-1-8(2-4-9)11-17-7-18-20-11/h1-4,7,10,16H,5-6H2,(H,19,21)(H,17,18,20). The van der Waals surface area contributed by atoms with E-state index >= 15 is 0 Å². The molecule has 0 bridgehead atoms. The zero-order valence-electron chi connectivity index (χ0n) is 10.9. The van der Waals surface area contributed by atoms with E-state index in [4.69, 9.17) is 0 Å². The molecule has 2 aromatic rings. The average Bonchev–Trinajstić information content (AvgIpc) is 3.09. The zero-order valence-corrected chi connectivity index (χ0v) is 10.9. The molecule has 1 atom stereocenters. The molecule has 3 rings (SSSR count). The molecule has 1 saturated heterocycles. The fraction of sp³-hybridized carbons (Fsp3) is 0.308. The molecule has 1 aromatic carbocycles. The van der Waals surface area contributed by atoms with Crippen molar-refractivity contribution in [3.05, 3.63) is 30.6 Å². The number of hydrogen-bond donors (Lipinski definition) is 3. The predicted octanol–water partition coefficient (Wildman–Crippen LogP) is 1.41. The van der Waals surface area contributed by atoms with Gasteiger partial charge in [-0.15, -0.1) is 0 Å². The van der Waals surface area contributed by atoms with E-state index in [1.54, 1.807) is 24.3 Å². The van der Waals surface area contributed by atoms with Crippen LogP contribution in [0.2, 0.25) is 0 Å². The minimum Gasteiger partial charge on any atom is -0.325 e. The van der Waals surface area contributed by atoms with Crippen LogP contribution >= 0.6 is 0 Å². The SMILES string of the molecule is O=C(Nc1ccc(-c2ncn[nH]2)cc1)C1CC(F)(F)CN1. The Hall–Kier alpha value is -2.35. The minimum absolute atomic E-state index is 0.459. The molecule has 0 spiro atoms. The number of nitrogens with one attached hydrogen (secondary N) is 3. The number of rotatable bonds is 3. The first kappa shape index (κ1) is 13.6. The van der Waals surface area contributed by atoms with Crippen LogP contribution in [0.1, 0.15) is 6.42 Å². The summed E-state index contributed by atoms with van der Waals surface area (Å²) in [5, 5.41) is 11.6. The fourth-order valence-electron chi connectivity index (χ4n) is 2.19. The molecule has 3 N–H and O–H groups in total. The number of anilines is 1. The van der Waals surface area contributed by atoms with Crippen LogP contribution in [0.4, 0.5) is 14.5 Å². The van der Waals surface area contributed by atoms with Crippen molar-refractivity contribution >= 4 is 11.6 Å². The highest BCUT2D eigenvalue weighted by Crippen LogP contribution is 2.26. The van der Waals surface area contributed by atoms with Crippen LogP contribution in [0.25, 0.3) is 11.4 Å². The third-order valence-corrected chi connectivity index (χ3v) is 3.27. The number of nitrogens with zero attached hydrogens (tertiary/aromatic N) is 2. The van der Waals surface area contributed by atoms with Gasteiger partial charge in [-0.25, -0.2) is 13.8 Å². The van der Waals surface area contributed by atoms with Crippen molar-refractivity contribution < 1.29 is 13.6 Å². The molecular weight excluding hydrogens is 280 g/mol. The first-order valence-corrected chi connectivity index (χ1v) is 6.41. The van der Waals surface area contributed by atoms with Gasteiger partial charge in [0.2, 0.25) is 5.91 Å². The highest BCUT2D eigenvalue weighted by Gasteiger charge is 2.42. The van der Waals surface area contributed by atoms with E-state index in [2.05, 4.69) is 25.8 Å². The number of carbonyl (C=O) groups excluding carboxylic acids is 1. The van der Waals surface area contributed by atoms with Gasteiger partial charge in [-0.2, -0.15) is 5.10 Å². The Bertz CT molecular complexity index is 627. The molecule has 0 aliphatic carbocycles. The first-order valence-electron chi connectivity index (χ1n) is 6.41. The van der Waals surface area contributed by atoms with Crippen LogP contribution in [0.3, 0.4) is 0 Å². The van der Waals surface area contributed by atoms with Gasteiger partial charge in [-0.3, -0.25) is 15.2 Å². The fourth-order valence-corrected chi connectivity index (χ4v) is 2.19. The van der Waals surface area contributed by atoms with Crippen molar-refractivity contribution in [2.45, 2.75) is 18.4 Å².